The number of amides is 1. The molecule has 0 radical (unpaired) electrons. The number of ether oxygens (including phenoxy) is 1. The van der Waals surface area contributed by atoms with Gasteiger partial charge >= 0.3 is 5.97 Å². The van der Waals surface area contributed by atoms with E-state index in [0.29, 0.717) is 13.0 Å². The zero-order chi connectivity index (χ0) is 18.1. The van der Waals surface area contributed by atoms with E-state index in [1.807, 2.05) is 54.6 Å². The summed E-state index contributed by atoms with van der Waals surface area (Å²) in [5, 5.41) is 2.79. The molecule has 2 aromatic rings. The molecule has 1 atom stereocenters. The number of hydrogen-bond acceptors (Lipinski definition) is 3. The lowest BCUT2D eigenvalue weighted by atomic mass is 10.2. The van der Waals surface area contributed by atoms with Gasteiger partial charge in [0, 0.05) is 17.1 Å². The van der Waals surface area contributed by atoms with Gasteiger partial charge in [0.25, 0.3) is 5.91 Å². The van der Waals surface area contributed by atoms with Crippen LogP contribution in [0.25, 0.3) is 6.08 Å². The van der Waals surface area contributed by atoms with Gasteiger partial charge in [-0.05, 0) is 35.8 Å². The van der Waals surface area contributed by atoms with Gasteiger partial charge in [-0.3, -0.25) is 4.79 Å². The molecule has 4 nitrogen and oxygen atoms in total. The summed E-state index contributed by atoms with van der Waals surface area (Å²) in [6.45, 7) is 2.21. The zero-order valence-corrected chi connectivity index (χ0v) is 15.5. The van der Waals surface area contributed by atoms with E-state index in [2.05, 4.69) is 21.2 Å². The van der Waals surface area contributed by atoms with Gasteiger partial charge in [0.2, 0.25) is 0 Å². The molecule has 0 aromatic heterocycles. The summed E-state index contributed by atoms with van der Waals surface area (Å²) in [6, 6.07) is 17.1. The largest absolute Gasteiger partial charge is 0.449 e. The van der Waals surface area contributed by atoms with Crippen LogP contribution in [0.5, 0.6) is 0 Å². The average molecular weight is 402 g/mol. The molecule has 0 fully saturated rings. The predicted molar refractivity (Wildman–Crippen MR) is 102 cm³/mol. The number of benzene rings is 2. The Labute approximate surface area is 156 Å². The summed E-state index contributed by atoms with van der Waals surface area (Å²) in [5.74, 6) is -0.836. The molecule has 2 aromatic carbocycles. The number of nitrogens with one attached hydrogen (secondary N) is 1. The van der Waals surface area contributed by atoms with Crippen LogP contribution < -0.4 is 5.32 Å². The first-order chi connectivity index (χ1) is 12.1. The molecule has 1 N–H and O–H groups in total. The van der Waals surface area contributed by atoms with Crippen LogP contribution in [0.4, 0.5) is 0 Å². The maximum absolute atomic E-state index is 12.2. The third-order valence-electron chi connectivity index (χ3n) is 3.49. The van der Waals surface area contributed by atoms with Gasteiger partial charge in [0.1, 0.15) is 0 Å². The van der Waals surface area contributed by atoms with Crippen LogP contribution in [-0.4, -0.2) is 18.0 Å². The molecule has 5 heteroatoms. The molecular weight excluding hydrogens is 382 g/mol. The van der Waals surface area contributed by atoms with Crippen molar-refractivity contribution in [3.05, 3.63) is 76.3 Å². The summed E-state index contributed by atoms with van der Waals surface area (Å²) in [6.07, 6.45) is 2.59. The standard InChI is InChI=1S/C20H20BrNO3/c1-2-18(20(24)22-14-16-7-4-3-5-8-16)25-19(23)12-11-15-9-6-10-17(21)13-15/h3-13,18H,2,14H2,1H3,(H,22,24)/b12-11+. The maximum atomic E-state index is 12.2. The van der Waals surface area contributed by atoms with Crippen molar-refractivity contribution in [2.24, 2.45) is 0 Å². The molecule has 0 saturated carbocycles. The van der Waals surface area contributed by atoms with E-state index in [4.69, 9.17) is 4.74 Å². The summed E-state index contributed by atoms with van der Waals surface area (Å²) in [5.41, 5.74) is 1.86. The summed E-state index contributed by atoms with van der Waals surface area (Å²) >= 11 is 3.37. The Morgan fingerprint density at radius 3 is 2.60 bits per heavy atom. The molecule has 1 unspecified atom stereocenters. The van der Waals surface area contributed by atoms with E-state index >= 15 is 0 Å². The summed E-state index contributed by atoms with van der Waals surface area (Å²) < 4.78 is 6.18. The Morgan fingerprint density at radius 2 is 1.92 bits per heavy atom. The first-order valence-corrected chi connectivity index (χ1v) is 8.83. The molecule has 0 aliphatic carbocycles. The van der Waals surface area contributed by atoms with Crippen molar-refractivity contribution in [1.82, 2.24) is 5.32 Å². The lowest BCUT2D eigenvalue weighted by molar-refractivity contribution is -0.151. The second kappa shape index (κ2) is 9.79. The fraction of sp³-hybridized carbons (Fsp3) is 0.200. The molecule has 0 bridgehead atoms. The third-order valence-corrected chi connectivity index (χ3v) is 3.98. The maximum Gasteiger partial charge on any atom is 0.331 e. The first kappa shape index (κ1) is 18.9. The number of halogens is 1. The minimum atomic E-state index is -0.802. The molecular formula is C20H20BrNO3. The fourth-order valence-electron chi connectivity index (χ4n) is 2.18. The minimum Gasteiger partial charge on any atom is -0.449 e. The van der Waals surface area contributed by atoms with Crippen LogP contribution in [0, 0.1) is 0 Å². The summed E-state index contributed by atoms with van der Waals surface area (Å²) in [4.78, 5) is 24.1. The van der Waals surface area contributed by atoms with Gasteiger partial charge in [-0.1, -0.05) is 65.3 Å². The SMILES string of the molecule is CCC(OC(=O)/C=C/c1cccc(Br)c1)C(=O)NCc1ccccc1. The summed E-state index contributed by atoms with van der Waals surface area (Å²) in [7, 11) is 0. The lowest BCUT2D eigenvalue weighted by Crippen LogP contribution is -2.36. The molecule has 130 valence electrons. The number of carbonyl (C=O) groups is 2. The van der Waals surface area contributed by atoms with E-state index < -0.39 is 12.1 Å². The molecule has 1 amide bonds. The van der Waals surface area contributed by atoms with Crippen molar-refractivity contribution in [2.75, 3.05) is 0 Å². The van der Waals surface area contributed by atoms with Crippen molar-refractivity contribution < 1.29 is 14.3 Å². The van der Waals surface area contributed by atoms with E-state index in [0.717, 1.165) is 15.6 Å². The van der Waals surface area contributed by atoms with Gasteiger partial charge in [-0.15, -0.1) is 0 Å². The highest BCUT2D eigenvalue weighted by atomic mass is 79.9. The Kier molecular flexibility index (Phi) is 7.41. The van der Waals surface area contributed by atoms with Gasteiger partial charge in [-0.2, -0.15) is 0 Å². The Bertz CT molecular complexity index is 744. The molecule has 0 aliphatic rings. The van der Waals surface area contributed by atoms with Gasteiger partial charge in [0.15, 0.2) is 6.10 Å². The molecule has 25 heavy (non-hydrogen) atoms. The number of rotatable bonds is 7. The van der Waals surface area contributed by atoms with E-state index in [1.165, 1.54) is 6.08 Å². The molecule has 0 spiro atoms. The van der Waals surface area contributed by atoms with Gasteiger partial charge in [0.05, 0.1) is 0 Å². The molecule has 0 saturated heterocycles. The monoisotopic (exact) mass is 401 g/mol. The van der Waals surface area contributed by atoms with Crippen LogP contribution in [0.15, 0.2) is 65.1 Å². The number of esters is 1. The Hall–Kier alpha value is -2.40. The number of carbonyl (C=O) groups excluding carboxylic acids is 2. The smallest absolute Gasteiger partial charge is 0.331 e. The Balaban J connectivity index is 1.87. The van der Waals surface area contributed by atoms with E-state index in [-0.39, 0.29) is 5.91 Å². The van der Waals surface area contributed by atoms with E-state index in [1.54, 1.807) is 13.0 Å². The second-order valence-corrected chi connectivity index (χ2v) is 6.34. The normalized spacial score (nSPS) is 11.9. The highest BCUT2D eigenvalue weighted by Crippen LogP contribution is 2.13. The fourth-order valence-corrected chi connectivity index (χ4v) is 2.59. The van der Waals surface area contributed by atoms with Crippen LogP contribution in [0.3, 0.4) is 0 Å². The molecule has 0 aliphatic heterocycles. The lowest BCUT2D eigenvalue weighted by Gasteiger charge is -2.15. The van der Waals surface area contributed by atoms with Crippen molar-refractivity contribution in [1.29, 1.82) is 0 Å². The van der Waals surface area contributed by atoms with Crippen molar-refractivity contribution in [3.8, 4) is 0 Å². The highest BCUT2D eigenvalue weighted by molar-refractivity contribution is 9.10. The topological polar surface area (TPSA) is 55.4 Å². The van der Waals surface area contributed by atoms with Gasteiger partial charge in [-0.25, -0.2) is 4.79 Å². The van der Waals surface area contributed by atoms with Crippen molar-refractivity contribution in [3.63, 3.8) is 0 Å². The van der Waals surface area contributed by atoms with Crippen LogP contribution in [-0.2, 0) is 20.9 Å². The molecule has 0 heterocycles. The van der Waals surface area contributed by atoms with Crippen LogP contribution in [0.2, 0.25) is 0 Å². The average Bonchev–Trinajstić information content (AvgIpc) is 2.63. The number of hydrogen-bond donors (Lipinski definition) is 1. The molecule has 2 rings (SSSR count). The first-order valence-electron chi connectivity index (χ1n) is 8.04. The van der Waals surface area contributed by atoms with E-state index in [9.17, 15) is 9.59 Å². The minimum absolute atomic E-state index is 0.296. The highest BCUT2D eigenvalue weighted by Gasteiger charge is 2.19. The Morgan fingerprint density at radius 1 is 1.16 bits per heavy atom. The zero-order valence-electron chi connectivity index (χ0n) is 13.9. The third kappa shape index (κ3) is 6.55. The predicted octanol–water partition coefficient (Wildman–Crippen LogP) is 4.10. The quantitative estimate of drug-likeness (QED) is 0.561. The van der Waals surface area contributed by atoms with Crippen LogP contribution >= 0.6 is 15.9 Å². The van der Waals surface area contributed by atoms with Crippen molar-refractivity contribution >= 4 is 33.9 Å². The van der Waals surface area contributed by atoms with Crippen molar-refractivity contribution in [2.45, 2.75) is 26.0 Å². The second-order valence-electron chi connectivity index (χ2n) is 5.43. The van der Waals surface area contributed by atoms with Gasteiger partial charge < -0.3 is 10.1 Å². The van der Waals surface area contributed by atoms with Crippen LogP contribution in [0.1, 0.15) is 24.5 Å².